The Morgan fingerprint density at radius 2 is 1.92 bits per heavy atom. The third kappa shape index (κ3) is 3.41. The predicted molar refractivity (Wildman–Crippen MR) is 99.9 cm³/mol. The first-order valence-electron chi connectivity index (χ1n) is 8.76. The van der Waals surface area contributed by atoms with Gasteiger partial charge in [0.05, 0.1) is 0 Å². The lowest BCUT2D eigenvalue weighted by Crippen LogP contribution is -2.36. The van der Waals surface area contributed by atoms with Gasteiger partial charge in [-0.2, -0.15) is 0 Å². The minimum Gasteiger partial charge on any atom is -0.367 e. The summed E-state index contributed by atoms with van der Waals surface area (Å²) in [5.74, 6) is 0. The number of anilines is 2. The summed E-state index contributed by atoms with van der Waals surface area (Å²) in [6.45, 7) is 2.04. The molecule has 1 saturated carbocycles. The highest BCUT2D eigenvalue weighted by Gasteiger charge is 2.18. The second-order valence-electron chi connectivity index (χ2n) is 6.67. The van der Waals surface area contributed by atoms with Gasteiger partial charge in [-0.15, -0.1) is 11.3 Å². The number of fused-ring (bicyclic) bond motifs is 1. The normalized spacial score (nSPS) is 17.6. The molecule has 126 valence electrons. The molecule has 0 bridgehead atoms. The summed E-state index contributed by atoms with van der Waals surface area (Å²) < 4.78 is 0. The molecule has 2 aromatic rings. The van der Waals surface area contributed by atoms with E-state index in [4.69, 9.17) is 0 Å². The average Bonchev–Trinajstić information content (AvgIpc) is 3.26. The topological polar surface area (TPSA) is 44.4 Å². The number of rotatable bonds is 3. The van der Waals surface area contributed by atoms with Crippen LogP contribution in [0.5, 0.6) is 0 Å². The molecule has 0 radical (unpaired) electrons. The summed E-state index contributed by atoms with van der Waals surface area (Å²) in [7, 11) is 0. The van der Waals surface area contributed by atoms with E-state index in [1.165, 1.54) is 29.0 Å². The fraction of sp³-hybridized carbons (Fsp3) is 0.421. The van der Waals surface area contributed by atoms with Gasteiger partial charge >= 0.3 is 6.03 Å². The molecule has 0 saturated heterocycles. The van der Waals surface area contributed by atoms with Crippen molar-refractivity contribution in [2.45, 2.75) is 44.7 Å². The zero-order valence-corrected chi connectivity index (χ0v) is 14.6. The molecule has 0 unspecified atom stereocenters. The van der Waals surface area contributed by atoms with Gasteiger partial charge in [0.1, 0.15) is 0 Å². The third-order valence-electron chi connectivity index (χ3n) is 4.99. The number of hydrogen-bond donors (Lipinski definition) is 2. The van der Waals surface area contributed by atoms with Crippen LogP contribution < -0.4 is 15.5 Å². The fourth-order valence-electron chi connectivity index (χ4n) is 3.65. The van der Waals surface area contributed by atoms with E-state index < -0.39 is 0 Å². The number of carbonyl (C=O) groups is 1. The summed E-state index contributed by atoms with van der Waals surface area (Å²) in [6.07, 6.45) is 5.78. The monoisotopic (exact) mass is 341 g/mol. The van der Waals surface area contributed by atoms with Gasteiger partial charge in [-0.25, -0.2) is 4.79 Å². The van der Waals surface area contributed by atoms with Crippen LogP contribution in [0, 0.1) is 0 Å². The van der Waals surface area contributed by atoms with Gasteiger partial charge in [0.25, 0.3) is 0 Å². The molecule has 0 spiro atoms. The highest BCUT2D eigenvalue weighted by molar-refractivity contribution is 7.10. The van der Waals surface area contributed by atoms with Crippen LogP contribution in [-0.4, -0.2) is 18.6 Å². The van der Waals surface area contributed by atoms with Crippen molar-refractivity contribution in [2.24, 2.45) is 0 Å². The first-order chi connectivity index (χ1) is 11.8. The third-order valence-corrected chi connectivity index (χ3v) is 6.01. The maximum Gasteiger partial charge on any atom is 0.319 e. The molecule has 2 N–H and O–H groups in total. The Labute approximate surface area is 146 Å². The maximum atomic E-state index is 12.0. The second kappa shape index (κ2) is 6.85. The van der Waals surface area contributed by atoms with E-state index in [0.717, 1.165) is 38.0 Å². The van der Waals surface area contributed by atoms with Gasteiger partial charge in [-0.1, -0.05) is 12.8 Å². The standard InChI is InChI=1S/C19H23N3OS/c23-19(20-15-3-1-2-4-15)21-16-5-7-17(8-6-16)22-11-9-18-14(13-22)10-12-24-18/h5-8,10,12,15H,1-4,9,11,13H2,(H2,20,21,23). The fourth-order valence-corrected chi connectivity index (χ4v) is 4.54. The molecule has 4 rings (SSSR count). The number of amides is 2. The van der Waals surface area contributed by atoms with Crippen LogP contribution in [0.1, 0.15) is 36.1 Å². The number of nitrogens with zero attached hydrogens (tertiary/aromatic N) is 1. The average molecular weight is 341 g/mol. The van der Waals surface area contributed by atoms with Crippen molar-refractivity contribution in [1.29, 1.82) is 0 Å². The molecule has 4 nitrogen and oxygen atoms in total. The second-order valence-corrected chi connectivity index (χ2v) is 7.67. The Hall–Kier alpha value is -2.01. The van der Waals surface area contributed by atoms with E-state index in [0.29, 0.717) is 6.04 Å². The van der Waals surface area contributed by atoms with Crippen LogP contribution in [0.4, 0.5) is 16.2 Å². The smallest absolute Gasteiger partial charge is 0.319 e. The van der Waals surface area contributed by atoms with E-state index in [9.17, 15) is 4.79 Å². The quantitative estimate of drug-likeness (QED) is 0.870. The van der Waals surface area contributed by atoms with E-state index in [1.807, 2.05) is 23.5 Å². The number of thiophene rings is 1. The Morgan fingerprint density at radius 1 is 1.12 bits per heavy atom. The summed E-state index contributed by atoms with van der Waals surface area (Å²) in [5, 5.41) is 8.18. The Kier molecular flexibility index (Phi) is 4.43. The minimum atomic E-state index is -0.0875. The maximum absolute atomic E-state index is 12.0. The molecular formula is C19H23N3OS. The Balaban J connectivity index is 1.35. The zero-order chi connectivity index (χ0) is 16.4. The number of benzene rings is 1. The van der Waals surface area contributed by atoms with Crippen LogP contribution >= 0.6 is 11.3 Å². The highest BCUT2D eigenvalue weighted by Crippen LogP contribution is 2.28. The minimum absolute atomic E-state index is 0.0875. The molecule has 0 atom stereocenters. The number of urea groups is 1. The SMILES string of the molecule is O=C(Nc1ccc(N2CCc3sccc3C2)cc1)NC1CCCC1. The molecule has 24 heavy (non-hydrogen) atoms. The van der Waals surface area contributed by atoms with Gasteiger partial charge in [-0.05, 0) is 60.5 Å². The first kappa shape index (κ1) is 15.5. The van der Waals surface area contributed by atoms with Crippen molar-refractivity contribution >= 4 is 28.7 Å². The Bertz CT molecular complexity index is 704. The lowest BCUT2D eigenvalue weighted by atomic mass is 10.1. The van der Waals surface area contributed by atoms with Crippen LogP contribution in [0.15, 0.2) is 35.7 Å². The van der Waals surface area contributed by atoms with Crippen molar-refractivity contribution in [1.82, 2.24) is 5.32 Å². The predicted octanol–water partition coefficient (Wildman–Crippen LogP) is 4.37. The number of nitrogens with one attached hydrogen (secondary N) is 2. The summed E-state index contributed by atoms with van der Waals surface area (Å²) >= 11 is 1.86. The molecule has 1 aromatic carbocycles. The number of hydrogen-bond acceptors (Lipinski definition) is 3. The van der Waals surface area contributed by atoms with Gasteiger partial charge in [0, 0.05) is 35.4 Å². The van der Waals surface area contributed by atoms with Gasteiger partial charge in [0.15, 0.2) is 0 Å². The van der Waals surface area contributed by atoms with E-state index in [2.05, 4.69) is 39.1 Å². The molecule has 1 aliphatic carbocycles. The molecule has 1 aromatic heterocycles. The molecule has 5 heteroatoms. The molecule has 2 amide bonds. The van der Waals surface area contributed by atoms with E-state index in [1.54, 1.807) is 0 Å². The van der Waals surface area contributed by atoms with Crippen molar-refractivity contribution in [3.05, 3.63) is 46.2 Å². The number of carbonyl (C=O) groups excluding carboxylic acids is 1. The molecule has 2 heterocycles. The lowest BCUT2D eigenvalue weighted by molar-refractivity contribution is 0.248. The van der Waals surface area contributed by atoms with E-state index in [-0.39, 0.29) is 6.03 Å². The van der Waals surface area contributed by atoms with Crippen molar-refractivity contribution in [3.63, 3.8) is 0 Å². The van der Waals surface area contributed by atoms with Gasteiger partial charge < -0.3 is 15.5 Å². The summed E-state index contributed by atoms with van der Waals surface area (Å²) in [6, 6.07) is 10.7. The first-order valence-corrected chi connectivity index (χ1v) is 9.64. The summed E-state index contributed by atoms with van der Waals surface area (Å²) in [4.78, 5) is 16.0. The largest absolute Gasteiger partial charge is 0.367 e. The lowest BCUT2D eigenvalue weighted by Gasteiger charge is -2.29. The molecule has 1 aliphatic heterocycles. The molecule has 1 fully saturated rings. The van der Waals surface area contributed by atoms with Crippen LogP contribution in [0.25, 0.3) is 0 Å². The van der Waals surface area contributed by atoms with Crippen LogP contribution in [0.3, 0.4) is 0 Å². The van der Waals surface area contributed by atoms with Gasteiger partial charge in [-0.3, -0.25) is 0 Å². The zero-order valence-electron chi connectivity index (χ0n) is 13.8. The van der Waals surface area contributed by atoms with Gasteiger partial charge in [0.2, 0.25) is 0 Å². The Morgan fingerprint density at radius 3 is 2.71 bits per heavy atom. The highest BCUT2D eigenvalue weighted by atomic mass is 32.1. The van der Waals surface area contributed by atoms with Crippen molar-refractivity contribution < 1.29 is 4.79 Å². The van der Waals surface area contributed by atoms with Crippen LogP contribution in [0.2, 0.25) is 0 Å². The summed E-state index contributed by atoms with van der Waals surface area (Å²) in [5.41, 5.74) is 3.51. The van der Waals surface area contributed by atoms with Crippen LogP contribution in [-0.2, 0) is 13.0 Å². The molecule has 2 aliphatic rings. The molecular weight excluding hydrogens is 318 g/mol. The van der Waals surface area contributed by atoms with Crippen molar-refractivity contribution in [3.8, 4) is 0 Å². The van der Waals surface area contributed by atoms with Crippen molar-refractivity contribution in [2.75, 3.05) is 16.8 Å². The van der Waals surface area contributed by atoms with E-state index >= 15 is 0 Å².